The summed E-state index contributed by atoms with van der Waals surface area (Å²) in [6, 6.07) is 27.0. The zero-order valence-corrected chi connectivity index (χ0v) is 20.5. The average Bonchev–Trinajstić information content (AvgIpc) is 3.52. The Hall–Kier alpha value is -3.60. The van der Waals surface area contributed by atoms with Crippen molar-refractivity contribution in [3.63, 3.8) is 0 Å². The molecule has 3 unspecified atom stereocenters. The number of amides is 1. The van der Waals surface area contributed by atoms with Crippen molar-refractivity contribution in [2.24, 2.45) is 11.8 Å². The molecule has 3 aromatic carbocycles. The molecule has 36 heavy (non-hydrogen) atoms. The van der Waals surface area contributed by atoms with Crippen LogP contribution in [0.4, 0.5) is 0 Å². The van der Waals surface area contributed by atoms with Gasteiger partial charge in [0.15, 0.2) is 0 Å². The number of carbonyl (C=O) groups is 2. The van der Waals surface area contributed by atoms with Crippen LogP contribution < -0.4 is 10.1 Å². The lowest BCUT2D eigenvalue weighted by molar-refractivity contribution is -0.136. The Morgan fingerprint density at radius 2 is 1.61 bits per heavy atom. The third-order valence-electron chi connectivity index (χ3n) is 8.01. The van der Waals surface area contributed by atoms with E-state index in [0.29, 0.717) is 18.1 Å². The molecule has 2 aliphatic rings. The van der Waals surface area contributed by atoms with E-state index in [0.717, 1.165) is 24.5 Å². The molecule has 0 spiro atoms. The maximum atomic E-state index is 12.4. The molecule has 5 rings (SSSR count). The Kier molecular flexibility index (Phi) is 7.08. The summed E-state index contributed by atoms with van der Waals surface area (Å²) >= 11 is 0. The van der Waals surface area contributed by atoms with Crippen molar-refractivity contribution in [1.82, 2.24) is 5.32 Å². The number of nitrogens with one attached hydrogen (secondary N) is 1. The minimum absolute atomic E-state index is 0.0379. The van der Waals surface area contributed by atoms with Gasteiger partial charge in [0.05, 0.1) is 13.0 Å². The Morgan fingerprint density at radius 3 is 2.22 bits per heavy atom. The highest BCUT2D eigenvalue weighted by Gasteiger charge is 2.52. The summed E-state index contributed by atoms with van der Waals surface area (Å²) in [7, 11) is 0. The van der Waals surface area contributed by atoms with Gasteiger partial charge in [-0.3, -0.25) is 9.59 Å². The molecule has 3 aromatic rings. The van der Waals surface area contributed by atoms with Crippen LogP contribution in [-0.4, -0.2) is 30.1 Å². The van der Waals surface area contributed by atoms with Crippen LogP contribution >= 0.6 is 0 Å². The van der Waals surface area contributed by atoms with E-state index in [2.05, 4.69) is 66.0 Å². The molecular formula is C31H33NO4. The molecular weight excluding hydrogens is 450 g/mol. The summed E-state index contributed by atoms with van der Waals surface area (Å²) < 4.78 is 6.04. The molecule has 2 aliphatic carbocycles. The summed E-state index contributed by atoms with van der Waals surface area (Å²) in [5.74, 6) is 1.08. The summed E-state index contributed by atoms with van der Waals surface area (Å²) in [5, 5.41) is 11.5. The first-order valence-corrected chi connectivity index (χ1v) is 12.9. The fourth-order valence-electron chi connectivity index (χ4n) is 6.29. The van der Waals surface area contributed by atoms with Gasteiger partial charge >= 0.3 is 5.97 Å². The SMILES string of the molecule is O=C(O)CCNC(=O)c1ccc(C2(c3ccc(OCCc4ccccc4)cc3)CC3CCC2C3)cc1. The Bertz CT molecular complexity index is 1190. The fraction of sp³-hybridized carbons (Fsp3) is 0.355. The fourth-order valence-corrected chi connectivity index (χ4v) is 6.29. The molecule has 3 atom stereocenters. The molecule has 2 fully saturated rings. The molecule has 2 N–H and O–H groups in total. The lowest BCUT2D eigenvalue weighted by Gasteiger charge is -2.39. The first kappa shape index (κ1) is 24.1. The van der Waals surface area contributed by atoms with Crippen molar-refractivity contribution < 1.29 is 19.4 Å². The number of hydrogen-bond acceptors (Lipinski definition) is 3. The monoisotopic (exact) mass is 483 g/mol. The number of ether oxygens (including phenoxy) is 1. The Morgan fingerprint density at radius 1 is 0.917 bits per heavy atom. The summed E-state index contributed by atoms with van der Waals surface area (Å²) in [6.45, 7) is 0.776. The smallest absolute Gasteiger partial charge is 0.305 e. The molecule has 5 heteroatoms. The number of benzene rings is 3. The molecule has 0 aliphatic heterocycles. The molecule has 0 aromatic heterocycles. The van der Waals surface area contributed by atoms with Gasteiger partial charge < -0.3 is 15.2 Å². The van der Waals surface area contributed by atoms with Crippen LogP contribution in [0.2, 0.25) is 0 Å². The van der Waals surface area contributed by atoms with Crippen LogP contribution in [0.3, 0.4) is 0 Å². The number of carboxylic acids is 1. The van der Waals surface area contributed by atoms with Gasteiger partial charge in [0, 0.05) is 23.9 Å². The van der Waals surface area contributed by atoms with Gasteiger partial charge in [0.2, 0.25) is 0 Å². The van der Waals surface area contributed by atoms with Crippen molar-refractivity contribution >= 4 is 11.9 Å². The average molecular weight is 484 g/mol. The zero-order valence-electron chi connectivity index (χ0n) is 20.5. The molecule has 5 nitrogen and oxygen atoms in total. The highest BCUT2D eigenvalue weighted by molar-refractivity contribution is 5.94. The summed E-state index contributed by atoms with van der Waals surface area (Å²) in [5.41, 5.74) is 4.38. The second-order valence-electron chi connectivity index (χ2n) is 10.1. The Balaban J connectivity index is 1.31. The highest BCUT2D eigenvalue weighted by Crippen LogP contribution is 2.60. The lowest BCUT2D eigenvalue weighted by atomic mass is 9.64. The second kappa shape index (κ2) is 10.6. The quantitative estimate of drug-likeness (QED) is 0.393. The molecule has 0 saturated heterocycles. The standard InChI is InChI=1S/C31H33NO4/c33-29(34)16-18-32-30(35)24-7-10-25(11-8-24)31(21-23-6-9-27(31)20-23)26-12-14-28(15-13-26)36-19-17-22-4-2-1-3-5-22/h1-5,7-8,10-15,23,27H,6,9,16-21H2,(H,32,35)(H,33,34). The van der Waals surface area contributed by atoms with Gasteiger partial charge in [-0.25, -0.2) is 0 Å². The molecule has 2 bridgehead atoms. The number of carbonyl (C=O) groups excluding carboxylic acids is 1. The van der Waals surface area contributed by atoms with Gasteiger partial charge in [-0.2, -0.15) is 0 Å². The first-order chi connectivity index (χ1) is 17.5. The highest BCUT2D eigenvalue weighted by atomic mass is 16.5. The van der Waals surface area contributed by atoms with Crippen molar-refractivity contribution in [3.8, 4) is 5.75 Å². The lowest BCUT2D eigenvalue weighted by Crippen LogP contribution is -2.34. The number of hydrogen-bond donors (Lipinski definition) is 2. The summed E-state index contributed by atoms with van der Waals surface area (Å²) in [6.07, 6.45) is 5.73. The third-order valence-corrected chi connectivity index (χ3v) is 8.01. The molecule has 0 heterocycles. The number of carboxylic acid groups (broad SMARTS) is 1. The van der Waals surface area contributed by atoms with Gasteiger partial charge in [-0.1, -0.05) is 61.0 Å². The predicted octanol–water partition coefficient (Wildman–Crippen LogP) is 5.62. The van der Waals surface area contributed by atoms with Crippen LogP contribution in [0, 0.1) is 11.8 Å². The third kappa shape index (κ3) is 5.01. The minimum atomic E-state index is -0.920. The number of rotatable bonds is 10. The van der Waals surface area contributed by atoms with Crippen LogP contribution in [-0.2, 0) is 16.6 Å². The zero-order chi connectivity index (χ0) is 25.0. The van der Waals surface area contributed by atoms with E-state index in [9.17, 15) is 9.59 Å². The molecule has 1 amide bonds. The number of aliphatic carboxylic acids is 1. The second-order valence-corrected chi connectivity index (χ2v) is 10.1. The van der Waals surface area contributed by atoms with E-state index >= 15 is 0 Å². The van der Waals surface area contributed by atoms with Crippen molar-refractivity contribution in [2.45, 2.75) is 43.9 Å². The summed E-state index contributed by atoms with van der Waals surface area (Å²) in [4.78, 5) is 23.1. The van der Waals surface area contributed by atoms with Crippen LogP contribution in [0.5, 0.6) is 5.75 Å². The maximum Gasteiger partial charge on any atom is 0.305 e. The largest absolute Gasteiger partial charge is 0.493 e. The van der Waals surface area contributed by atoms with Gasteiger partial charge in [0.1, 0.15) is 5.75 Å². The molecule has 186 valence electrons. The van der Waals surface area contributed by atoms with E-state index in [1.807, 2.05) is 18.2 Å². The van der Waals surface area contributed by atoms with E-state index in [4.69, 9.17) is 9.84 Å². The molecule has 0 radical (unpaired) electrons. The first-order valence-electron chi connectivity index (χ1n) is 12.9. The van der Waals surface area contributed by atoms with Gasteiger partial charge in [-0.15, -0.1) is 0 Å². The van der Waals surface area contributed by atoms with Crippen molar-refractivity contribution in [2.75, 3.05) is 13.2 Å². The normalized spacial score (nSPS) is 22.3. The Labute approximate surface area is 212 Å². The minimum Gasteiger partial charge on any atom is -0.493 e. The van der Waals surface area contributed by atoms with Crippen molar-refractivity contribution in [1.29, 1.82) is 0 Å². The predicted molar refractivity (Wildman–Crippen MR) is 139 cm³/mol. The van der Waals surface area contributed by atoms with E-state index in [1.54, 1.807) is 0 Å². The van der Waals surface area contributed by atoms with Crippen LogP contribution in [0.15, 0.2) is 78.9 Å². The van der Waals surface area contributed by atoms with Gasteiger partial charge in [0.25, 0.3) is 5.91 Å². The maximum absolute atomic E-state index is 12.4. The van der Waals surface area contributed by atoms with Crippen LogP contribution in [0.25, 0.3) is 0 Å². The number of fused-ring (bicyclic) bond motifs is 2. The topological polar surface area (TPSA) is 75.6 Å². The van der Waals surface area contributed by atoms with Crippen LogP contribution in [0.1, 0.15) is 59.2 Å². The van der Waals surface area contributed by atoms with Crippen molar-refractivity contribution in [3.05, 3.63) is 101 Å². The van der Waals surface area contributed by atoms with E-state index < -0.39 is 5.97 Å². The molecule has 2 saturated carbocycles. The van der Waals surface area contributed by atoms with E-state index in [1.165, 1.54) is 36.0 Å². The van der Waals surface area contributed by atoms with E-state index in [-0.39, 0.29) is 24.3 Å². The van der Waals surface area contributed by atoms with Gasteiger partial charge in [-0.05, 0) is 72.1 Å².